The molecular weight excluding hydrogens is 212 g/mol. The fourth-order valence-electron chi connectivity index (χ4n) is 2.36. The molecule has 0 aromatic heterocycles. The molecule has 90 valence electrons. The Balaban J connectivity index is 2.27. The molecule has 1 aliphatic rings. The molecule has 3 nitrogen and oxygen atoms in total. The lowest BCUT2D eigenvalue weighted by atomic mass is 10.1. The molecular formula is C14H18N2O. The second-order valence-electron chi connectivity index (χ2n) is 4.52. The molecule has 1 aliphatic heterocycles. The molecule has 1 heterocycles. The van der Waals surface area contributed by atoms with Crippen molar-refractivity contribution < 1.29 is 5.11 Å². The highest BCUT2D eigenvalue weighted by Crippen LogP contribution is 2.24. The van der Waals surface area contributed by atoms with Gasteiger partial charge in [0.25, 0.3) is 0 Å². The zero-order valence-corrected chi connectivity index (χ0v) is 10.0. The van der Waals surface area contributed by atoms with E-state index in [1.807, 2.05) is 12.1 Å². The Kier molecular flexibility index (Phi) is 4.00. The van der Waals surface area contributed by atoms with Gasteiger partial charge in [0.2, 0.25) is 0 Å². The number of anilines is 1. The Hall–Kier alpha value is -1.53. The summed E-state index contributed by atoms with van der Waals surface area (Å²) in [5, 5.41) is 18.3. The molecule has 1 N–H and O–H groups in total. The van der Waals surface area contributed by atoms with E-state index in [1.165, 1.54) is 25.7 Å². The van der Waals surface area contributed by atoms with Gasteiger partial charge < -0.3 is 10.0 Å². The molecule has 2 rings (SSSR count). The van der Waals surface area contributed by atoms with Crippen LogP contribution in [-0.4, -0.2) is 18.2 Å². The molecule has 1 aromatic rings. The number of nitrogens with zero attached hydrogens (tertiary/aromatic N) is 2. The van der Waals surface area contributed by atoms with Gasteiger partial charge in [0.05, 0.1) is 17.9 Å². The highest BCUT2D eigenvalue weighted by molar-refractivity contribution is 5.60. The van der Waals surface area contributed by atoms with E-state index in [1.54, 1.807) is 6.07 Å². The van der Waals surface area contributed by atoms with Crippen LogP contribution in [0, 0.1) is 11.3 Å². The summed E-state index contributed by atoms with van der Waals surface area (Å²) in [5.41, 5.74) is 2.50. The third-order valence-corrected chi connectivity index (χ3v) is 3.31. The maximum absolute atomic E-state index is 9.18. The van der Waals surface area contributed by atoms with Gasteiger partial charge in [0.1, 0.15) is 6.07 Å². The minimum absolute atomic E-state index is 0.00500. The van der Waals surface area contributed by atoms with Crippen molar-refractivity contribution in [2.75, 3.05) is 18.0 Å². The van der Waals surface area contributed by atoms with E-state index in [0.717, 1.165) is 24.3 Å². The zero-order valence-electron chi connectivity index (χ0n) is 10.0. The van der Waals surface area contributed by atoms with E-state index in [9.17, 15) is 5.26 Å². The van der Waals surface area contributed by atoms with Gasteiger partial charge in [-0.2, -0.15) is 5.26 Å². The van der Waals surface area contributed by atoms with Crippen molar-refractivity contribution in [1.29, 1.82) is 5.26 Å². The van der Waals surface area contributed by atoms with Gasteiger partial charge in [-0.3, -0.25) is 0 Å². The fourth-order valence-corrected chi connectivity index (χ4v) is 2.36. The van der Waals surface area contributed by atoms with Gasteiger partial charge >= 0.3 is 0 Å². The molecule has 1 saturated heterocycles. The predicted octanol–water partition coefficient (Wildman–Crippen LogP) is 2.43. The van der Waals surface area contributed by atoms with Crippen molar-refractivity contribution in [2.24, 2.45) is 0 Å². The van der Waals surface area contributed by atoms with Crippen LogP contribution in [0.3, 0.4) is 0 Å². The molecule has 0 atom stereocenters. The average molecular weight is 230 g/mol. The zero-order chi connectivity index (χ0) is 12.1. The Bertz CT molecular complexity index is 415. The molecule has 0 saturated carbocycles. The van der Waals surface area contributed by atoms with Crippen LogP contribution < -0.4 is 4.90 Å². The maximum Gasteiger partial charge on any atom is 0.101 e. The molecule has 0 spiro atoms. The van der Waals surface area contributed by atoms with Crippen molar-refractivity contribution in [2.45, 2.75) is 32.3 Å². The molecule has 0 radical (unpaired) electrons. The predicted molar refractivity (Wildman–Crippen MR) is 67.8 cm³/mol. The van der Waals surface area contributed by atoms with Crippen LogP contribution in [0.1, 0.15) is 36.8 Å². The SMILES string of the molecule is N#Cc1cc(CO)ccc1N1CCCCCC1. The molecule has 17 heavy (non-hydrogen) atoms. The summed E-state index contributed by atoms with van der Waals surface area (Å²) in [4.78, 5) is 2.30. The van der Waals surface area contributed by atoms with Gasteiger partial charge in [-0.15, -0.1) is 0 Å². The topological polar surface area (TPSA) is 47.3 Å². The van der Waals surface area contributed by atoms with Crippen LogP contribution in [0.2, 0.25) is 0 Å². The summed E-state index contributed by atoms with van der Waals surface area (Å²) in [6.07, 6.45) is 4.97. The van der Waals surface area contributed by atoms with E-state index >= 15 is 0 Å². The van der Waals surface area contributed by atoms with Crippen LogP contribution in [0.15, 0.2) is 18.2 Å². The third kappa shape index (κ3) is 2.78. The summed E-state index contributed by atoms with van der Waals surface area (Å²) in [6, 6.07) is 7.90. The van der Waals surface area contributed by atoms with Crippen LogP contribution in [-0.2, 0) is 6.61 Å². The molecule has 0 amide bonds. The number of hydrogen-bond donors (Lipinski definition) is 1. The fraction of sp³-hybridized carbons (Fsp3) is 0.500. The summed E-state index contributed by atoms with van der Waals surface area (Å²) >= 11 is 0. The Morgan fingerprint density at radius 1 is 1.18 bits per heavy atom. The van der Waals surface area contributed by atoms with E-state index < -0.39 is 0 Å². The standard InChI is InChI=1S/C14H18N2O/c15-10-13-9-12(11-17)5-6-14(13)16-7-3-1-2-4-8-16/h5-6,9,17H,1-4,7-8,11H2. The van der Waals surface area contributed by atoms with E-state index in [4.69, 9.17) is 5.11 Å². The number of aliphatic hydroxyl groups excluding tert-OH is 1. The molecule has 0 aliphatic carbocycles. The van der Waals surface area contributed by atoms with Crippen molar-refractivity contribution in [3.63, 3.8) is 0 Å². The number of rotatable bonds is 2. The minimum Gasteiger partial charge on any atom is -0.392 e. The molecule has 3 heteroatoms. The first-order chi connectivity index (χ1) is 8.35. The summed E-state index contributed by atoms with van der Waals surface area (Å²) in [5.74, 6) is 0. The lowest BCUT2D eigenvalue weighted by molar-refractivity contribution is 0.282. The molecule has 1 aromatic carbocycles. The summed E-state index contributed by atoms with van der Waals surface area (Å²) in [6.45, 7) is 2.06. The summed E-state index contributed by atoms with van der Waals surface area (Å²) in [7, 11) is 0. The largest absolute Gasteiger partial charge is 0.392 e. The molecule has 0 unspecified atom stereocenters. The average Bonchev–Trinajstić information content (AvgIpc) is 2.66. The monoisotopic (exact) mass is 230 g/mol. The van der Waals surface area contributed by atoms with E-state index in [2.05, 4.69) is 11.0 Å². The highest BCUT2D eigenvalue weighted by atomic mass is 16.3. The van der Waals surface area contributed by atoms with Gasteiger partial charge in [-0.25, -0.2) is 0 Å². The third-order valence-electron chi connectivity index (χ3n) is 3.31. The Morgan fingerprint density at radius 3 is 2.47 bits per heavy atom. The van der Waals surface area contributed by atoms with Gasteiger partial charge in [0.15, 0.2) is 0 Å². The minimum atomic E-state index is -0.00500. The van der Waals surface area contributed by atoms with E-state index in [-0.39, 0.29) is 6.61 Å². The van der Waals surface area contributed by atoms with Crippen LogP contribution in [0.5, 0.6) is 0 Å². The van der Waals surface area contributed by atoms with Gasteiger partial charge in [-0.05, 0) is 30.5 Å². The highest BCUT2D eigenvalue weighted by Gasteiger charge is 2.13. The number of hydrogen-bond acceptors (Lipinski definition) is 3. The van der Waals surface area contributed by atoms with Crippen molar-refractivity contribution >= 4 is 5.69 Å². The number of benzene rings is 1. The maximum atomic E-state index is 9.18. The smallest absolute Gasteiger partial charge is 0.101 e. The lowest BCUT2D eigenvalue weighted by Crippen LogP contribution is -2.24. The van der Waals surface area contributed by atoms with Crippen LogP contribution in [0.4, 0.5) is 5.69 Å². The first kappa shape index (κ1) is 11.9. The number of nitriles is 1. The van der Waals surface area contributed by atoms with Crippen molar-refractivity contribution in [1.82, 2.24) is 0 Å². The first-order valence-corrected chi connectivity index (χ1v) is 6.24. The first-order valence-electron chi connectivity index (χ1n) is 6.24. The quantitative estimate of drug-likeness (QED) is 0.848. The lowest BCUT2D eigenvalue weighted by Gasteiger charge is -2.24. The van der Waals surface area contributed by atoms with Crippen molar-refractivity contribution in [3.05, 3.63) is 29.3 Å². The second-order valence-corrected chi connectivity index (χ2v) is 4.52. The van der Waals surface area contributed by atoms with Crippen LogP contribution >= 0.6 is 0 Å². The summed E-state index contributed by atoms with van der Waals surface area (Å²) < 4.78 is 0. The van der Waals surface area contributed by atoms with Gasteiger partial charge in [0, 0.05) is 13.1 Å². The molecule has 1 fully saturated rings. The number of aliphatic hydroxyl groups is 1. The van der Waals surface area contributed by atoms with E-state index in [0.29, 0.717) is 5.56 Å². The van der Waals surface area contributed by atoms with Crippen molar-refractivity contribution in [3.8, 4) is 6.07 Å². The Labute approximate surface area is 102 Å². The van der Waals surface area contributed by atoms with Crippen LogP contribution in [0.25, 0.3) is 0 Å². The van der Waals surface area contributed by atoms with Gasteiger partial charge in [-0.1, -0.05) is 18.9 Å². The Morgan fingerprint density at radius 2 is 1.88 bits per heavy atom. The normalized spacial score (nSPS) is 16.4. The second kappa shape index (κ2) is 5.70. The molecule has 0 bridgehead atoms.